The van der Waals surface area contributed by atoms with Crippen LogP contribution in [-0.4, -0.2) is 20.7 Å². The topological polar surface area (TPSA) is 59.8 Å². The van der Waals surface area contributed by atoms with Gasteiger partial charge in [-0.3, -0.25) is 4.79 Å². The van der Waals surface area contributed by atoms with E-state index < -0.39 is 0 Å². The summed E-state index contributed by atoms with van der Waals surface area (Å²) in [5, 5.41) is 7.50. The number of nitrogens with one attached hydrogen (secondary N) is 1. The Morgan fingerprint density at radius 1 is 0.900 bits per heavy atom. The molecular weight excluding hydrogens is 372 g/mol. The molecule has 5 nitrogen and oxygen atoms in total. The van der Waals surface area contributed by atoms with Crippen LogP contribution in [0.4, 0.5) is 0 Å². The van der Waals surface area contributed by atoms with Crippen molar-refractivity contribution in [2.45, 2.75) is 27.3 Å². The minimum absolute atomic E-state index is 0.155. The van der Waals surface area contributed by atoms with Gasteiger partial charge in [-0.2, -0.15) is 0 Å². The first-order chi connectivity index (χ1) is 14.5. The van der Waals surface area contributed by atoms with Gasteiger partial charge in [0.1, 0.15) is 0 Å². The third kappa shape index (κ3) is 4.15. The average molecular weight is 396 g/mol. The van der Waals surface area contributed by atoms with Crippen LogP contribution in [0, 0.1) is 20.8 Å². The number of rotatable bonds is 5. The van der Waals surface area contributed by atoms with E-state index >= 15 is 0 Å². The maximum atomic E-state index is 12.8. The Morgan fingerprint density at radius 2 is 1.60 bits per heavy atom. The normalized spacial score (nSPS) is 10.8. The van der Waals surface area contributed by atoms with Gasteiger partial charge < -0.3 is 5.32 Å². The Kier molecular flexibility index (Phi) is 5.44. The predicted molar refractivity (Wildman–Crippen MR) is 119 cm³/mol. The van der Waals surface area contributed by atoms with Crippen LogP contribution in [0.25, 0.3) is 17.1 Å². The summed E-state index contributed by atoms with van der Waals surface area (Å²) < 4.78 is 1.77. The molecule has 30 heavy (non-hydrogen) atoms. The van der Waals surface area contributed by atoms with Crippen LogP contribution < -0.4 is 5.32 Å². The third-order valence-electron chi connectivity index (χ3n) is 5.01. The number of carbonyl (C=O) groups is 1. The smallest absolute Gasteiger partial charge is 0.291 e. The van der Waals surface area contributed by atoms with E-state index in [1.165, 1.54) is 0 Å². The fraction of sp³-hybridized carbons (Fsp3) is 0.160. The highest BCUT2D eigenvalue weighted by molar-refractivity contribution is 5.91. The van der Waals surface area contributed by atoms with Gasteiger partial charge in [0.05, 0.1) is 5.69 Å². The quantitative estimate of drug-likeness (QED) is 0.528. The molecule has 3 aromatic carbocycles. The third-order valence-corrected chi connectivity index (χ3v) is 5.01. The second-order valence-electron chi connectivity index (χ2n) is 7.50. The minimum Gasteiger partial charge on any atom is -0.345 e. The van der Waals surface area contributed by atoms with E-state index in [9.17, 15) is 4.79 Å². The lowest BCUT2D eigenvalue weighted by molar-refractivity contribution is 0.0940. The van der Waals surface area contributed by atoms with E-state index in [4.69, 9.17) is 0 Å². The van der Waals surface area contributed by atoms with Gasteiger partial charge in [0.15, 0.2) is 5.82 Å². The molecule has 150 valence electrons. The molecule has 0 fully saturated rings. The molecule has 0 aliphatic rings. The Bertz CT molecular complexity index is 1180. The van der Waals surface area contributed by atoms with Gasteiger partial charge in [0.2, 0.25) is 5.82 Å². The SMILES string of the molecule is Cc1ccc(-c2nc(C(=O)NCc3ccccc3)nn2-c2cc(C)ccc2C)cc1. The van der Waals surface area contributed by atoms with Crippen molar-refractivity contribution in [3.63, 3.8) is 0 Å². The van der Waals surface area contributed by atoms with Crippen LogP contribution in [0.3, 0.4) is 0 Å². The van der Waals surface area contributed by atoms with Crippen molar-refractivity contribution in [2.24, 2.45) is 0 Å². The fourth-order valence-corrected chi connectivity index (χ4v) is 3.27. The number of hydrogen-bond acceptors (Lipinski definition) is 3. The number of benzene rings is 3. The van der Waals surface area contributed by atoms with Crippen LogP contribution >= 0.6 is 0 Å². The first-order valence-electron chi connectivity index (χ1n) is 9.95. The molecule has 0 aliphatic heterocycles. The standard InChI is InChI=1S/C25H24N4O/c1-17-10-13-21(14-11-17)24-27-23(25(30)26-16-20-7-5-4-6-8-20)28-29(24)22-15-18(2)9-12-19(22)3/h4-15H,16H2,1-3H3,(H,26,30). The molecule has 4 rings (SSSR count). The highest BCUT2D eigenvalue weighted by atomic mass is 16.2. The lowest BCUT2D eigenvalue weighted by atomic mass is 10.1. The van der Waals surface area contributed by atoms with Crippen molar-refractivity contribution in [2.75, 3.05) is 0 Å². The minimum atomic E-state index is -0.295. The van der Waals surface area contributed by atoms with Crippen LogP contribution in [0.15, 0.2) is 72.8 Å². The molecule has 0 unspecified atom stereocenters. The molecule has 0 aliphatic carbocycles. The first kappa shape index (κ1) is 19.6. The molecule has 0 bridgehead atoms. The van der Waals surface area contributed by atoms with Crippen molar-refractivity contribution < 1.29 is 4.79 Å². The van der Waals surface area contributed by atoms with Gasteiger partial charge >= 0.3 is 0 Å². The van der Waals surface area contributed by atoms with E-state index in [1.807, 2.05) is 75.4 Å². The molecule has 0 saturated carbocycles. The molecule has 1 amide bonds. The summed E-state index contributed by atoms with van der Waals surface area (Å²) in [5.74, 6) is 0.507. The predicted octanol–water partition coefficient (Wildman–Crippen LogP) is 4.79. The molecule has 1 N–H and O–H groups in total. The summed E-state index contributed by atoms with van der Waals surface area (Å²) in [7, 11) is 0. The molecule has 5 heteroatoms. The number of nitrogens with zero attached hydrogens (tertiary/aromatic N) is 3. The summed E-state index contributed by atoms with van der Waals surface area (Å²) >= 11 is 0. The Balaban J connectivity index is 1.73. The lowest BCUT2D eigenvalue weighted by Crippen LogP contribution is -2.24. The molecule has 0 atom stereocenters. The van der Waals surface area contributed by atoms with E-state index in [0.29, 0.717) is 12.4 Å². The van der Waals surface area contributed by atoms with Crippen LogP contribution in [0.2, 0.25) is 0 Å². The van der Waals surface area contributed by atoms with Gasteiger partial charge in [-0.05, 0) is 43.5 Å². The highest BCUT2D eigenvalue weighted by Crippen LogP contribution is 2.24. The Labute approximate surface area is 176 Å². The highest BCUT2D eigenvalue weighted by Gasteiger charge is 2.19. The molecule has 0 saturated heterocycles. The zero-order chi connectivity index (χ0) is 21.1. The van der Waals surface area contributed by atoms with Crippen LogP contribution in [-0.2, 0) is 6.54 Å². The number of hydrogen-bond donors (Lipinski definition) is 1. The number of amides is 1. The van der Waals surface area contributed by atoms with Crippen molar-refractivity contribution in [1.29, 1.82) is 0 Å². The maximum absolute atomic E-state index is 12.8. The number of aromatic nitrogens is 3. The zero-order valence-electron chi connectivity index (χ0n) is 17.4. The van der Waals surface area contributed by atoms with Gasteiger partial charge in [0.25, 0.3) is 5.91 Å². The lowest BCUT2D eigenvalue weighted by Gasteiger charge is -2.10. The first-order valence-corrected chi connectivity index (χ1v) is 9.95. The second kappa shape index (κ2) is 8.33. The summed E-state index contributed by atoms with van der Waals surface area (Å²) in [6, 6.07) is 24.1. The second-order valence-corrected chi connectivity index (χ2v) is 7.50. The van der Waals surface area contributed by atoms with Gasteiger partial charge in [-0.25, -0.2) is 9.67 Å². The Hall–Kier alpha value is -3.73. The summed E-state index contributed by atoms with van der Waals surface area (Å²) in [4.78, 5) is 17.4. The number of carbonyl (C=O) groups excluding carboxylic acids is 1. The number of aryl methyl sites for hydroxylation is 3. The van der Waals surface area contributed by atoms with Gasteiger partial charge in [-0.1, -0.05) is 72.3 Å². The van der Waals surface area contributed by atoms with Crippen LogP contribution in [0.5, 0.6) is 0 Å². The van der Waals surface area contributed by atoms with Crippen molar-refractivity contribution >= 4 is 5.91 Å². The molecule has 1 aromatic heterocycles. The summed E-state index contributed by atoms with van der Waals surface area (Å²) in [6.07, 6.45) is 0. The molecular formula is C25H24N4O. The van der Waals surface area contributed by atoms with E-state index in [-0.39, 0.29) is 11.7 Å². The van der Waals surface area contributed by atoms with Crippen molar-refractivity contribution in [3.8, 4) is 17.1 Å². The monoisotopic (exact) mass is 396 g/mol. The molecule has 4 aromatic rings. The van der Waals surface area contributed by atoms with Crippen LogP contribution in [0.1, 0.15) is 32.9 Å². The summed E-state index contributed by atoms with van der Waals surface area (Å²) in [6.45, 7) is 6.54. The molecule has 0 spiro atoms. The maximum Gasteiger partial charge on any atom is 0.291 e. The van der Waals surface area contributed by atoms with E-state index in [2.05, 4.69) is 33.6 Å². The van der Waals surface area contributed by atoms with E-state index in [0.717, 1.165) is 33.5 Å². The Morgan fingerprint density at radius 3 is 2.33 bits per heavy atom. The molecule has 1 heterocycles. The van der Waals surface area contributed by atoms with Crippen molar-refractivity contribution in [1.82, 2.24) is 20.1 Å². The van der Waals surface area contributed by atoms with E-state index in [1.54, 1.807) is 4.68 Å². The fourth-order valence-electron chi connectivity index (χ4n) is 3.27. The average Bonchev–Trinajstić information content (AvgIpc) is 3.20. The molecule has 0 radical (unpaired) electrons. The van der Waals surface area contributed by atoms with Gasteiger partial charge in [0, 0.05) is 12.1 Å². The van der Waals surface area contributed by atoms with Crippen molar-refractivity contribution in [3.05, 3.63) is 101 Å². The summed E-state index contributed by atoms with van der Waals surface area (Å²) in [5.41, 5.74) is 6.21. The van der Waals surface area contributed by atoms with Gasteiger partial charge in [-0.15, -0.1) is 5.10 Å². The zero-order valence-corrected chi connectivity index (χ0v) is 17.4. The largest absolute Gasteiger partial charge is 0.345 e.